The summed E-state index contributed by atoms with van der Waals surface area (Å²) in [4.78, 5) is 28.8. The number of nitrogens with one attached hydrogen (secondary N) is 2. The number of nitrogens with zero attached hydrogens (tertiary/aromatic N) is 2. The summed E-state index contributed by atoms with van der Waals surface area (Å²) in [5.41, 5.74) is 2.42. The predicted octanol–water partition coefficient (Wildman–Crippen LogP) is 5.79. The second kappa shape index (κ2) is 11.4. The average Bonchev–Trinajstić information content (AvgIpc) is 3.38. The summed E-state index contributed by atoms with van der Waals surface area (Å²) >= 11 is 0. The number of aromatic nitrogens is 2. The van der Waals surface area contributed by atoms with E-state index < -0.39 is 27.6 Å². The monoisotopic (exact) mass is 544 g/mol. The number of hydrogen-bond acceptors (Lipinski definition) is 6. The van der Waals surface area contributed by atoms with Crippen LogP contribution in [0.2, 0.25) is 0 Å². The van der Waals surface area contributed by atoms with Gasteiger partial charge in [0.15, 0.2) is 0 Å². The molecular weight excluding hydrogens is 516 g/mol. The molecule has 2 N–H and O–H groups in total. The van der Waals surface area contributed by atoms with Gasteiger partial charge in [-0.3, -0.25) is 15.1 Å². The van der Waals surface area contributed by atoms with E-state index in [0.29, 0.717) is 16.9 Å². The van der Waals surface area contributed by atoms with Crippen LogP contribution in [0.25, 0.3) is 17.2 Å². The number of amides is 2. The van der Waals surface area contributed by atoms with Gasteiger partial charge in [0.2, 0.25) is 5.91 Å². The zero-order chi connectivity index (χ0) is 28.0. The van der Waals surface area contributed by atoms with Gasteiger partial charge in [0.1, 0.15) is 5.60 Å². The molecule has 10 heteroatoms. The van der Waals surface area contributed by atoms with Crippen LogP contribution < -0.4 is 10.6 Å². The molecule has 0 aliphatic heterocycles. The lowest BCUT2D eigenvalue weighted by molar-refractivity contribution is -0.111. The van der Waals surface area contributed by atoms with E-state index in [-0.39, 0.29) is 4.90 Å². The van der Waals surface area contributed by atoms with Crippen molar-refractivity contribution >= 4 is 39.5 Å². The first kappa shape index (κ1) is 27.3. The van der Waals surface area contributed by atoms with E-state index in [2.05, 4.69) is 15.6 Å². The van der Waals surface area contributed by atoms with Crippen LogP contribution >= 0.6 is 0 Å². The van der Waals surface area contributed by atoms with Crippen LogP contribution in [0.4, 0.5) is 16.2 Å². The normalized spacial score (nSPS) is 11.8. The zero-order valence-electron chi connectivity index (χ0n) is 21.7. The van der Waals surface area contributed by atoms with Gasteiger partial charge in [0.25, 0.3) is 10.0 Å². The van der Waals surface area contributed by atoms with Crippen LogP contribution in [0.1, 0.15) is 26.3 Å². The van der Waals surface area contributed by atoms with Gasteiger partial charge in [0, 0.05) is 30.9 Å². The molecule has 200 valence electrons. The van der Waals surface area contributed by atoms with E-state index in [1.165, 1.54) is 24.5 Å². The number of rotatable bonds is 7. The van der Waals surface area contributed by atoms with Crippen LogP contribution in [0.5, 0.6) is 0 Å². The number of carbonyl (C=O) groups is 2. The molecule has 4 rings (SSSR count). The van der Waals surface area contributed by atoms with Crippen molar-refractivity contribution < 1.29 is 22.7 Å². The molecule has 0 fully saturated rings. The van der Waals surface area contributed by atoms with Crippen molar-refractivity contribution in [3.63, 3.8) is 0 Å². The van der Waals surface area contributed by atoms with Crippen molar-refractivity contribution in [1.82, 2.24) is 8.96 Å². The number of carbonyl (C=O) groups excluding carboxylic acids is 2. The minimum absolute atomic E-state index is 0.137. The Morgan fingerprint density at radius 1 is 0.872 bits per heavy atom. The van der Waals surface area contributed by atoms with E-state index >= 15 is 0 Å². The number of benzene rings is 2. The SMILES string of the molecule is CC(C)(C)OC(=O)Nc1ccccc1NC(=O)/C=C/c1ccn(S(=O)(=O)c2ccc(-c3ccncc3)cc2)c1. The third kappa shape index (κ3) is 7.20. The lowest BCUT2D eigenvalue weighted by Gasteiger charge is -2.20. The largest absolute Gasteiger partial charge is 0.444 e. The molecule has 2 aromatic heterocycles. The highest BCUT2D eigenvalue weighted by atomic mass is 32.2. The lowest BCUT2D eigenvalue weighted by atomic mass is 10.1. The Hall–Kier alpha value is -4.70. The highest BCUT2D eigenvalue weighted by Gasteiger charge is 2.18. The summed E-state index contributed by atoms with van der Waals surface area (Å²) in [6.07, 6.45) is 8.33. The van der Waals surface area contributed by atoms with E-state index in [4.69, 9.17) is 4.74 Å². The van der Waals surface area contributed by atoms with Gasteiger partial charge in [-0.2, -0.15) is 0 Å². The maximum absolute atomic E-state index is 13.1. The second-order valence-electron chi connectivity index (χ2n) is 9.54. The Labute approximate surface area is 227 Å². The molecule has 0 saturated heterocycles. The summed E-state index contributed by atoms with van der Waals surface area (Å²) in [6, 6.07) is 18.6. The number of pyridine rings is 1. The van der Waals surface area contributed by atoms with Crippen molar-refractivity contribution in [2.75, 3.05) is 10.6 Å². The molecule has 0 saturated carbocycles. The second-order valence-corrected chi connectivity index (χ2v) is 11.4. The van der Waals surface area contributed by atoms with Gasteiger partial charge >= 0.3 is 6.09 Å². The van der Waals surface area contributed by atoms with E-state index in [0.717, 1.165) is 15.1 Å². The summed E-state index contributed by atoms with van der Waals surface area (Å²) < 4.78 is 32.6. The quantitative estimate of drug-likeness (QED) is 0.285. The van der Waals surface area contributed by atoms with Gasteiger partial charge in [0.05, 0.1) is 16.3 Å². The van der Waals surface area contributed by atoms with Crippen LogP contribution in [-0.2, 0) is 19.6 Å². The third-order valence-corrected chi connectivity index (χ3v) is 7.03. The molecule has 0 aliphatic rings. The number of hydrogen-bond donors (Lipinski definition) is 2. The van der Waals surface area contributed by atoms with E-state index in [1.807, 2.05) is 12.1 Å². The number of ether oxygens (including phenoxy) is 1. The Morgan fingerprint density at radius 2 is 1.49 bits per heavy atom. The molecule has 0 spiro atoms. The summed E-state index contributed by atoms with van der Waals surface area (Å²) in [5, 5.41) is 5.33. The minimum atomic E-state index is -3.82. The van der Waals surface area contributed by atoms with Crippen LogP contribution in [0, 0.1) is 0 Å². The Bertz CT molecular complexity index is 1600. The van der Waals surface area contributed by atoms with Crippen LogP contribution in [0.15, 0.2) is 102 Å². The van der Waals surface area contributed by atoms with E-state index in [1.54, 1.807) is 87.8 Å². The molecular formula is C29H28N4O5S. The molecule has 4 aromatic rings. The average molecular weight is 545 g/mol. The maximum atomic E-state index is 13.1. The van der Waals surface area contributed by atoms with E-state index in [9.17, 15) is 18.0 Å². The molecule has 0 bridgehead atoms. The molecule has 0 unspecified atom stereocenters. The van der Waals surface area contributed by atoms with Crippen molar-refractivity contribution in [2.24, 2.45) is 0 Å². The highest BCUT2D eigenvalue weighted by Crippen LogP contribution is 2.24. The summed E-state index contributed by atoms with van der Waals surface area (Å²) in [5.74, 6) is -0.462. The summed E-state index contributed by atoms with van der Waals surface area (Å²) in [7, 11) is -3.82. The topological polar surface area (TPSA) is 119 Å². The highest BCUT2D eigenvalue weighted by molar-refractivity contribution is 7.90. The molecule has 0 radical (unpaired) electrons. The predicted molar refractivity (Wildman–Crippen MR) is 151 cm³/mol. The maximum Gasteiger partial charge on any atom is 0.412 e. The van der Waals surface area contributed by atoms with Crippen molar-refractivity contribution in [3.8, 4) is 11.1 Å². The molecule has 0 atom stereocenters. The standard InChI is InChI=1S/C29H28N4O5S/c1-29(2,3)38-28(35)32-26-7-5-4-6-25(26)31-27(34)13-8-21-16-19-33(20-21)39(36,37)24-11-9-22(10-12-24)23-14-17-30-18-15-23/h4-20H,1-3H3,(H,31,34)(H,32,35)/b13-8+. The van der Waals surface area contributed by atoms with Crippen molar-refractivity contribution in [2.45, 2.75) is 31.3 Å². The zero-order valence-corrected chi connectivity index (χ0v) is 22.5. The lowest BCUT2D eigenvalue weighted by Crippen LogP contribution is -2.27. The molecule has 2 heterocycles. The van der Waals surface area contributed by atoms with Gasteiger partial charge in [-0.15, -0.1) is 0 Å². The smallest absolute Gasteiger partial charge is 0.412 e. The fourth-order valence-corrected chi connectivity index (χ4v) is 4.79. The Kier molecular flexibility index (Phi) is 7.96. The first-order valence-corrected chi connectivity index (χ1v) is 13.5. The third-order valence-electron chi connectivity index (χ3n) is 5.38. The van der Waals surface area contributed by atoms with Crippen molar-refractivity contribution in [1.29, 1.82) is 0 Å². The number of anilines is 2. The first-order chi connectivity index (χ1) is 18.5. The first-order valence-electron chi connectivity index (χ1n) is 12.0. The molecule has 0 aliphatic carbocycles. The molecule has 39 heavy (non-hydrogen) atoms. The summed E-state index contributed by atoms with van der Waals surface area (Å²) in [6.45, 7) is 5.26. The van der Waals surface area contributed by atoms with Gasteiger partial charge in [-0.1, -0.05) is 24.3 Å². The molecule has 9 nitrogen and oxygen atoms in total. The molecule has 2 aromatic carbocycles. The van der Waals surface area contributed by atoms with Gasteiger partial charge in [-0.05, 0) is 86.0 Å². The fourth-order valence-electron chi connectivity index (χ4n) is 3.59. The molecule has 2 amide bonds. The van der Waals surface area contributed by atoms with Gasteiger partial charge in [-0.25, -0.2) is 17.2 Å². The minimum Gasteiger partial charge on any atom is -0.444 e. The van der Waals surface area contributed by atoms with Crippen molar-refractivity contribution in [3.05, 3.63) is 103 Å². The van der Waals surface area contributed by atoms with Crippen LogP contribution in [-0.4, -0.2) is 35.0 Å². The fraction of sp³-hybridized carbons (Fsp3) is 0.138. The number of para-hydroxylation sites is 2. The van der Waals surface area contributed by atoms with Gasteiger partial charge < -0.3 is 10.1 Å². The Morgan fingerprint density at radius 3 is 2.13 bits per heavy atom. The van der Waals surface area contributed by atoms with Crippen LogP contribution in [0.3, 0.4) is 0 Å². The Balaban J connectivity index is 1.42.